The zero-order chi connectivity index (χ0) is 16.8. The highest BCUT2D eigenvalue weighted by molar-refractivity contribution is 5.94. The van der Waals surface area contributed by atoms with Gasteiger partial charge in [0, 0.05) is 19.0 Å². The molecule has 1 aromatic carbocycles. The molecule has 8 heteroatoms. The number of carbonyl (C=O) groups is 3. The molecule has 0 aliphatic carbocycles. The minimum Gasteiger partial charge on any atom is -0.463 e. The van der Waals surface area contributed by atoms with E-state index < -0.39 is 23.5 Å². The molecule has 2 N–H and O–H groups in total. The van der Waals surface area contributed by atoms with Crippen LogP contribution in [0.25, 0.3) is 0 Å². The lowest BCUT2D eigenvalue weighted by molar-refractivity contribution is -0.144. The monoisotopic (exact) mass is 326 g/mol. The summed E-state index contributed by atoms with van der Waals surface area (Å²) in [6.45, 7) is 0.0522. The van der Waals surface area contributed by atoms with Crippen molar-refractivity contribution < 1.29 is 27.9 Å². The van der Waals surface area contributed by atoms with E-state index in [1.54, 1.807) is 0 Å². The molecule has 2 rings (SSSR count). The predicted molar refractivity (Wildman–Crippen MR) is 75.4 cm³/mol. The van der Waals surface area contributed by atoms with Crippen molar-refractivity contribution in [1.29, 1.82) is 0 Å². The lowest BCUT2D eigenvalue weighted by Crippen LogP contribution is -2.32. The summed E-state index contributed by atoms with van der Waals surface area (Å²) in [4.78, 5) is 34.2. The molecule has 0 aromatic heterocycles. The van der Waals surface area contributed by atoms with Crippen LogP contribution in [-0.2, 0) is 14.3 Å². The van der Waals surface area contributed by atoms with Crippen LogP contribution < -0.4 is 10.6 Å². The van der Waals surface area contributed by atoms with Crippen LogP contribution in [-0.4, -0.2) is 37.0 Å². The van der Waals surface area contributed by atoms with E-state index in [4.69, 9.17) is 4.74 Å². The molecule has 1 aromatic rings. The second kappa shape index (κ2) is 7.66. The molecule has 1 atom stereocenters. The number of amides is 2. The molecule has 0 bridgehead atoms. The first kappa shape index (κ1) is 16.9. The fraction of sp³-hybridized carbons (Fsp3) is 0.400. The third-order valence-corrected chi connectivity index (χ3v) is 3.32. The molecule has 1 saturated heterocycles. The second-order valence-corrected chi connectivity index (χ2v) is 5.12. The Balaban J connectivity index is 1.68. The molecule has 0 spiro atoms. The average molecular weight is 326 g/mol. The number of nitrogens with one attached hydrogen (secondary N) is 2. The van der Waals surface area contributed by atoms with Gasteiger partial charge in [-0.1, -0.05) is 0 Å². The zero-order valence-electron chi connectivity index (χ0n) is 12.2. The van der Waals surface area contributed by atoms with Crippen LogP contribution in [0.5, 0.6) is 0 Å². The molecule has 1 unspecified atom stereocenters. The van der Waals surface area contributed by atoms with Crippen LogP contribution >= 0.6 is 0 Å². The maximum absolute atomic E-state index is 13.4. The normalized spacial score (nSPS) is 16.8. The summed E-state index contributed by atoms with van der Waals surface area (Å²) in [7, 11) is 0. The number of rotatable bonds is 6. The minimum absolute atomic E-state index is 0.0362. The lowest BCUT2D eigenvalue weighted by Gasteiger charge is -2.11. The van der Waals surface area contributed by atoms with E-state index in [1.165, 1.54) is 0 Å². The summed E-state index contributed by atoms with van der Waals surface area (Å²) in [6, 6.07) is 2.44. The van der Waals surface area contributed by atoms with Crippen LogP contribution in [0.1, 0.15) is 29.6 Å². The highest BCUT2D eigenvalue weighted by Crippen LogP contribution is 2.09. The zero-order valence-corrected chi connectivity index (χ0v) is 12.2. The van der Waals surface area contributed by atoms with Crippen LogP contribution in [0.4, 0.5) is 8.78 Å². The largest absolute Gasteiger partial charge is 0.463 e. The van der Waals surface area contributed by atoms with Gasteiger partial charge in [0.15, 0.2) is 0 Å². The molecule has 124 valence electrons. The molecule has 2 amide bonds. The highest BCUT2D eigenvalue weighted by atomic mass is 19.1. The summed E-state index contributed by atoms with van der Waals surface area (Å²) < 4.78 is 31.1. The molecule has 6 nitrogen and oxygen atoms in total. The Morgan fingerprint density at radius 3 is 2.78 bits per heavy atom. The summed E-state index contributed by atoms with van der Waals surface area (Å²) in [6.07, 6.45) is 0.948. The Morgan fingerprint density at radius 2 is 2.13 bits per heavy atom. The Bertz CT molecular complexity index is 621. The van der Waals surface area contributed by atoms with Crippen molar-refractivity contribution in [2.75, 3.05) is 13.2 Å². The standard InChI is InChI=1S/C15H16F2N2O4/c16-9-1-3-11(12(17)7-9)15(22)18-6-5-14(21)23-8-10-2-4-13(20)19-10/h1,3,7,10H,2,4-6,8H2,(H,18,22)(H,19,20). The molecule has 23 heavy (non-hydrogen) atoms. The number of esters is 1. The fourth-order valence-electron chi connectivity index (χ4n) is 2.11. The van der Waals surface area contributed by atoms with E-state index in [2.05, 4.69) is 10.6 Å². The first-order chi connectivity index (χ1) is 11.0. The van der Waals surface area contributed by atoms with Crippen LogP contribution in [0.15, 0.2) is 18.2 Å². The van der Waals surface area contributed by atoms with Gasteiger partial charge in [0.1, 0.15) is 18.2 Å². The van der Waals surface area contributed by atoms with E-state index in [9.17, 15) is 23.2 Å². The summed E-state index contributed by atoms with van der Waals surface area (Å²) in [5, 5.41) is 5.01. The number of halogens is 2. The molecular formula is C15H16F2N2O4. The maximum atomic E-state index is 13.4. The second-order valence-electron chi connectivity index (χ2n) is 5.12. The van der Waals surface area contributed by atoms with Gasteiger partial charge in [0.05, 0.1) is 18.0 Å². The third kappa shape index (κ3) is 5.01. The number of carbonyl (C=O) groups excluding carboxylic acids is 3. The van der Waals surface area contributed by atoms with Crippen LogP contribution in [0.2, 0.25) is 0 Å². The summed E-state index contributed by atoms with van der Waals surface area (Å²) in [5.74, 6) is -3.09. The Morgan fingerprint density at radius 1 is 1.35 bits per heavy atom. The van der Waals surface area contributed by atoms with Crippen molar-refractivity contribution in [1.82, 2.24) is 10.6 Å². The highest BCUT2D eigenvalue weighted by Gasteiger charge is 2.22. The van der Waals surface area contributed by atoms with Gasteiger partial charge in [0.2, 0.25) is 5.91 Å². The Hall–Kier alpha value is -2.51. The summed E-state index contributed by atoms with van der Waals surface area (Å²) in [5.41, 5.74) is -0.298. The molecule has 1 fully saturated rings. The van der Waals surface area contributed by atoms with Crippen molar-refractivity contribution in [3.63, 3.8) is 0 Å². The number of hydrogen-bond donors (Lipinski definition) is 2. The molecule has 1 heterocycles. The van der Waals surface area contributed by atoms with Crippen molar-refractivity contribution in [2.45, 2.75) is 25.3 Å². The van der Waals surface area contributed by atoms with E-state index in [0.29, 0.717) is 18.9 Å². The average Bonchev–Trinajstić information content (AvgIpc) is 2.90. The van der Waals surface area contributed by atoms with E-state index in [-0.39, 0.29) is 37.1 Å². The SMILES string of the molecule is O=C1CCC(COC(=O)CCNC(=O)c2ccc(F)cc2F)N1. The van der Waals surface area contributed by atoms with Gasteiger partial charge in [0.25, 0.3) is 5.91 Å². The van der Waals surface area contributed by atoms with Crippen molar-refractivity contribution in [3.05, 3.63) is 35.4 Å². The first-order valence-corrected chi connectivity index (χ1v) is 7.14. The first-order valence-electron chi connectivity index (χ1n) is 7.14. The molecular weight excluding hydrogens is 310 g/mol. The van der Waals surface area contributed by atoms with Crippen molar-refractivity contribution in [3.8, 4) is 0 Å². The predicted octanol–water partition coefficient (Wildman–Crippen LogP) is 0.906. The number of hydrogen-bond acceptors (Lipinski definition) is 4. The van der Waals surface area contributed by atoms with Gasteiger partial charge >= 0.3 is 5.97 Å². The van der Waals surface area contributed by atoms with Gasteiger partial charge in [-0.15, -0.1) is 0 Å². The lowest BCUT2D eigenvalue weighted by atomic mass is 10.2. The van der Waals surface area contributed by atoms with Crippen molar-refractivity contribution in [2.24, 2.45) is 0 Å². The van der Waals surface area contributed by atoms with Crippen LogP contribution in [0, 0.1) is 11.6 Å². The quantitative estimate of drug-likeness (QED) is 0.761. The topological polar surface area (TPSA) is 84.5 Å². The fourth-order valence-corrected chi connectivity index (χ4v) is 2.11. The van der Waals surface area contributed by atoms with E-state index in [0.717, 1.165) is 12.1 Å². The van der Waals surface area contributed by atoms with Gasteiger partial charge in [-0.05, 0) is 18.6 Å². The molecule has 0 radical (unpaired) electrons. The van der Waals surface area contributed by atoms with Crippen LogP contribution in [0.3, 0.4) is 0 Å². The van der Waals surface area contributed by atoms with Gasteiger partial charge in [-0.2, -0.15) is 0 Å². The molecule has 1 aliphatic heterocycles. The van der Waals surface area contributed by atoms with Crippen molar-refractivity contribution >= 4 is 17.8 Å². The van der Waals surface area contributed by atoms with E-state index >= 15 is 0 Å². The Labute approximate surface area is 131 Å². The summed E-state index contributed by atoms with van der Waals surface area (Å²) >= 11 is 0. The van der Waals surface area contributed by atoms with Gasteiger partial charge in [-0.3, -0.25) is 14.4 Å². The third-order valence-electron chi connectivity index (χ3n) is 3.32. The molecule has 1 aliphatic rings. The smallest absolute Gasteiger partial charge is 0.307 e. The van der Waals surface area contributed by atoms with E-state index in [1.807, 2.05) is 0 Å². The van der Waals surface area contributed by atoms with Gasteiger partial charge < -0.3 is 15.4 Å². The van der Waals surface area contributed by atoms with Gasteiger partial charge in [-0.25, -0.2) is 8.78 Å². The Kier molecular flexibility index (Phi) is 5.61. The molecule has 0 saturated carbocycles. The number of ether oxygens (including phenoxy) is 1. The minimum atomic E-state index is -0.970. The maximum Gasteiger partial charge on any atom is 0.307 e. The number of benzene rings is 1.